The Morgan fingerprint density at radius 1 is 1.33 bits per heavy atom. The van der Waals surface area contributed by atoms with Crippen LogP contribution in [0.25, 0.3) is 16.6 Å². The molecule has 1 aromatic carbocycles. The first-order valence-corrected chi connectivity index (χ1v) is 8.35. The minimum absolute atomic E-state index is 0.152. The molecule has 0 aliphatic heterocycles. The molecule has 0 radical (unpaired) electrons. The first-order chi connectivity index (χ1) is 10.1. The van der Waals surface area contributed by atoms with E-state index in [1.165, 1.54) is 0 Å². The number of ketones is 1. The highest BCUT2D eigenvalue weighted by Gasteiger charge is 2.22. The molecule has 3 rings (SSSR count). The second-order valence-electron chi connectivity index (χ2n) is 5.41. The molecule has 4 heteroatoms. The fraction of sp³-hybridized carbons (Fsp3) is 0.294. The summed E-state index contributed by atoms with van der Waals surface area (Å²) in [5, 5.41) is 3.68. The van der Waals surface area contributed by atoms with Crippen LogP contribution in [0.2, 0.25) is 5.02 Å². The summed E-state index contributed by atoms with van der Waals surface area (Å²) in [5.41, 5.74) is 2.85. The van der Waals surface area contributed by atoms with E-state index in [0.29, 0.717) is 0 Å². The first-order valence-electron chi connectivity index (χ1n) is 7.10. The third kappa shape index (κ3) is 3.25. The summed E-state index contributed by atoms with van der Waals surface area (Å²) < 4.78 is 0. The van der Waals surface area contributed by atoms with E-state index in [1.54, 1.807) is 11.3 Å². The lowest BCUT2D eigenvalue weighted by molar-refractivity contribution is -0.119. The lowest BCUT2D eigenvalue weighted by Crippen LogP contribution is -2.18. The Labute approximate surface area is 133 Å². The number of hydrogen-bond acceptors (Lipinski definition) is 3. The summed E-state index contributed by atoms with van der Waals surface area (Å²) >= 11 is 7.49. The summed E-state index contributed by atoms with van der Waals surface area (Å²) in [6, 6.07) is 7.66. The predicted molar refractivity (Wildman–Crippen MR) is 88.6 cm³/mol. The number of halogens is 1. The largest absolute Gasteiger partial charge is 0.294 e. The van der Waals surface area contributed by atoms with Gasteiger partial charge in [-0.2, -0.15) is 0 Å². The van der Waals surface area contributed by atoms with Crippen molar-refractivity contribution in [2.24, 2.45) is 5.92 Å². The molecular formula is C17H16ClNOS. The molecule has 2 nitrogen and oxygen atoms in total. The van der Waals surface area contributed by atoms with Gasteiger partial charge in [-0.05, 0) is 43.0 Å². The van der Waals surface area contributed by atoms with Crippen molar-refractivity contribution in [2.45, 2.75) is 26.2 Å². The summed E-state index contributed by atoms with van der Waals surface area (Å²) in [6.45, 7) is 2.01. The maximum atomic E-state index is 12.1. The van der Waals surface area contributed by atoms with Gasteiger partial charge < -0.3 is 0 Å². The van der Waals surface area contributed by atoms with E-state index in [-0.39, 0.29) is 11.7 Å². The molecule has 1 aromatic heterocycles. The van der Waals surface area contributed by atoms with E-state index < -0.39 is 0 Å². The quantitative estimate of drug-likeness (QED) is 0.709. The molecule has 0 bridgehead atoms. The number of rotatable bonds is 2. The van der Waals surface area contributed by atoms with E-state index in [0.717, 1.165) is 46.1 Å². The molecule has 0 N–H and O–H groups in total. The van der Waals surface area contributed by atoms with Crippen molar-refractivity contribution in [3.05, 3.63) is 45.9 Å². The lowest BCUT2D eigenvalue weighted by Gasteiger charge is -2.18. The standard InChI is InChI=1S/C17H16ClNOS/c1-11-3-2-4-13(16(11)20)9-15-10-21-17(19-15)12-5-7-14(18)8-6-12/h5-11H,2-4H2,1H3/b13-9-/t11-/m1/s1. The number of benzene rings is 1. The Morgan fingerprint density at radius 3 is 2.86 bits per heavy atom. The average Bonchev–Trinajstić information content (AvgIpc) is 2.93. The first kappa shape index (κ1) is 14.5. The van der Waals surface area contributed by atoms with Gasteiger partial charge in [0.1, 0.15) is 5.01 Å². The van der Waals surface area contributed by atoms with Gasteiger partial charge in [0, 0.05) is 21.9 Å². The van der Waals surface area contributed by atoms with Gasteiger partial charge in [-0.3, -0.25) is 4.79 Å². The molecule has 108 valence electrons. The van der Waals surface area contributed by atoms with E-state index in [9.17, 15) is 4.79 Å². The van der Waals surface area contributed by atoms with Crippen molar-refractivity contribution >= 4 is 34.8 Å². The van der Waals surface area contributed by atoms with E-state index in [2.05, 4.69) is 4.98 Å². The molecule has 1 fully saturated rings. The average molecular weight is 318 g/mol. The molecule has 1 aliphatic carbocycles. The van der Waals surface area contributed by atoms with Crippen LogP contribution in [0.5, 0.6) is 0 Å². The van der Waals surface area contributed by atoms with Crippen LogP contribution in [0.3, 0.4) is 0 Å². The smallest absolute Gasteiger partial charge is 0.161 e. The number of Topliss-reactive ketones (excluding diaryl/α,β-unsaturated/α-hetero) is 1. The van der Waals surface area contributed by atoms with Crippen LogP contribution in [-0.4, -0.2) is 10.8 Å². The Kier molecular flexibility index (Phi) is 4.22. The zero-order valence-corrected chi connectivity index (χ0v) is 13.4. The summed E-state index contributed by atoms with van der Waals surface area (Å²) in [4.78, 5) is 16.7. The van der Waals surface area contributed by atoms with Crippen molar-refractivity contribution in [3.63, 3.8) is 0 Å². The van der Waals surface area contributed by atoms with Crippen molar-refractivity contribution in [1.29, 1.82) is 0 Å². The SMILES string of the molecule is C[C@@H]1CCC/C(=C/c2csc(-c3ccc(Cl)cc3)n2)C1=O. The van der Waals surface area contributed by atoms with E-state index in [1.807, 2.05) is 42.6 Å². The topological polar surface area (TPSA) is 30.0 Å². The number of hydrogen-bond donors (Lipinski definition) is 0. The second kappa shape index (κ2) is 6.12. The highest BCUT2D eigenvalue weighted by atomic mass is 35.5. The molecule has 1 heterocycles. The van der Waals surface area contributed by atoms with Crippen LogP contribution in [0.1, 0.15) is 31.9 Å². The molecule has 0 amide bonds. The monoisotopic (exact) mass is 317 g/mol. The van der Waals surface area contributed by atoms with Crippen molar-refractivity contribution in [2.75, 3.05) is 0 Å². The van der Waals surface area contributed by atoms with E-state index >= 15 is 0 Å². The molecule has 1 aliphatic rings. The van der Waals surface area contributed by atoms with E-state index in [4.69, 9.17) is 11.6 Å². The van der Waals surface area contributed by atoms with Gasteiger partial charge in [0.2, 0.25) is 0 Å². The maximum absolute atomic E-state index is 12.1. The van der Waals surface area contributed by atoms with Crippen molar-refractivity contribution in [1.82, 2.24) is 4.98 Å². The number of nitrogens with zero attached hydrogens (tertiary/aromatic N) is 1. The third-order valence-corrected chi connectivity index (χ3v) is 4.94. The molecule has 0 unspecified atom stereocenters. The minimum Gasteiger partial charge on any atom is -0.294 e. The van der Waals surface area contributed by atoms with Crippen LogP contribution in [0, 0.1) is 5.92 Å². The van der Waals surface area contributed by atoms with Gasteiger partial charge in [0.25, 0.3) is 0 Å². The Balaban J connectivity index is 1.85. The lowest BCUT2D eigenvalue weighted by atomic mass is 9.85. The van der Waals surface area contributed by atoms with Crippen molar-refractivity contribution < 1.29 is 4.79 Å². The van der Waals surface area contributed by atoms with Crippen LogP contribution in [0.4, 0.5) is 0 Å². The summed E-state index contributed by atoms with van der Waals surface area (Å²) in [6.07, 6.45) is 4.92. The zero-order valence-electron chi connectivity index (χ0n) is 11.8. The summed E-state index contributed by atoms with van der Waals surface area (Å²) in [5.74, 6) is 0.432. The molecule has 1 saturated carbocycles. The van der Waals surface area contributed by atoms with Crippen LogP contribution in [0.15, 0.2) is 35.2 Å². The predicted octanol–water partition coefficient (Wildman–Crippen LogP) is 5.24. The second-order valence-corrected chi connectivity index (χ2v) is 6.71. The highest BCUT2D eigenvalue weighted by Crippen LogP contribution is 2.29. The van der Waals surface area contributed by atoms with Gasteiger partial charge in [0.05, 0.1) is 5.69 Å². The van der Waals surface area contributed by atoms with Crippen molar-refractivity contribution in [3.8, 4) is 10.6 Å². The maximum Gasteiger partial charge on any atom is 0.161 e. The fourth-order valence-corrected chi connectivity index (χ4v) is 3.48. The number of thiazole rings is 1. The van der Waals surface area contributed by atoms with Gasteiger partial charge >= 0.3 is 0 Å². The number of carbonyl (C=O) groups excluding carboxylic acids is 1. The third-order valence-electron chi connectivity index (χ3n) is 3.78. The van der Waals surface area contributed by atoms with Crippen LogP contribution in [-0.2, 0) is 4.79 Å². The molecule has 1 atom stereocenters. The van der Waals surface area contributed by atoms with Gasteiger partial charge in [-0.15, -0.1) is 11.3 Å². The zero-order chi connectivity index (χ0) is 14.8. The molecule has 0 saturated heterocycles. The molecule has 2 aromatic rings. The molecule has 0 spiro atoms. The van der Waals surface area contributed by atoms with Crippen LogP contribution < -0.4 is 0 Å². The number of allylic oxidation sites excluding steroid dienone is 1. The highest BCUT2D eigenvalue weighted by molar-refractivity contribution is 7.13. The molecule has 21 heavy (non-hydrogen) atoms. The Bertz CT molecular complexity index is 687. The van der Waals surface area contributed by atoms with Gasteiger partial charge in [-0.25, -0.2) is 4.98 Å². The van der Waals surface area contributed by atoms with Gasteiger partial charge in [-0.1, -0.05) is 30.7 Å². The van der Waals surface area contributed by atoms with Gasteiger partial charge in [0.15, 0.2) is 5.78 Å². The Hall–Kier alpha value is -1.45. The van der Waals surface area contributed by atoms with Crippen LogP contribution >= 0.6 is 22.9 Å². The number of carbonyl (C=O) groups is 1. The fourth-order valence-electron chi connectivity index (χ4n) is 2.57. The Morgan fingerprint density at radius 2 is 2.10 bits per heavy atom. The minimum atomic E-state index is 0.152. The summed E-state index contributed by atoms with van der Waals surface area (Å²) in [7, 11) is 0. The number of aromatic nitrogens is 1. The molecular weight excluding hydrogens is 302 g/mol. The normalized spacial score (nSPS) is 21.0.